The molecular formula is C13H12BrNO2S. The van der Waals surface area contributed by atoms with E-state index >= 15 is 0 Å². The number of halogens is 1. The van der Waals surface area contributed by atoms with Gasteiger partial charge in [0.25, 0.3) is 0 Å². The fraction of sp³-hybridized carbons (Fsp3) is 0.231. The van der Waals surface area contributed by atoms with Gasteiger partial charge in [0.1, 0.15) is 4.88 Å². The van der Waals surface area contributed by atoms with Gasteiger partial charge in [0.2, 0.25) is 0 Å². The van der Waals surface area contributed by atoms with E-state index in [1.165, 1.54) is 11.3 Å². The fourth-order valence-corrected chi connectivity index (χ4v) is 2.90. The van der Waals surface area contributed by atoms with Crippen molar-refractivity contribution in [1.29, 1.82) is 0 Å². The minimum absolute atomic E-state index is 0.311. The average Bonchev–Trinajstić information content (AvgIpc) is 2.72. The highest BCUT2D eigenvalue weighted by Gasteiger charge is 2.20. The Hall–Kier alpha value is -1.20. The van der Waals surface area contributed by atoms with Gasteiger partial charge < -0.3 is 4.74 Å². The monoisotopic (exact) mass is 325 g/mol. The van der Waals surface area contributed by atoms with Crippen molar-refractivity contribution in [1.82, 2.24) is 4.98 Å². The van der Waals surface area contributed by atoms with Crippen molar-refractivity contribution in [3.8, 4) is 11.3 Å². The molecule has 0 saturated carbocycles. The average molecular weight is 326 g/mol. The van der Waals surface area contributed by atoms with Crippen LogP contribution < -0.4 is 0 Å². The summed E-state index contributed by atoms with van der Waals surface area (Å²) < 4.78 is 5.98. The highest BCUT2D eigenvalue weighted by atomic mass is 79.9. The van der Waals surface area contributed by atoms with Gasteiger partial charge >= 0.3 is 5.97 Å². The lowest BCUT2D eigenvalue weighted by atomic mass is 10.1. The van der Waals surface area contributed by atoms with E-state index in [1.807, 2.05) is 31.2 Å². The van der Waals surface area contributed by atoms with E-state index in [4.69, 9.17) is 4.74 Å². The summed E-state index contributed by atoms with van der Waals surface area (Å²) in [6.45, 7) is 4.04. The van der Waals surface area contributed by atoms with Crippen molar-refractivity contribution in [2.75, 3.05) is 6.61 Å². The van der Waals surface area contributed by atoms with Crippen LogP contribution in [0.3, 0.4) is 0 Å². The first-order chi connectivity index (χ1) is 8.63. The van der Waals surface area contributed by atoms with E-state index in [2.05, 4.69) is 20.9 Å². The maximum absolute atomic E-state index is 11.9. The molecule has 0 atom stereocenters. The number of esters is 1. The number of carbonyl (C=O) groups is 1. The van der Waals surface area contributed by atoms with E-state index in [-0.39, 0.29) is 5.97 Å². The van der Waals surface area contributed by atoms with Crippen molar-refractivity contribution < 1.29 is 9.53 Å². The van der Waals surface area contributed by atoms with Crippen LogP contribution in [-0.4, -0.2) is 17.6 Å². The van der Waals surface area contributed by atoms with E-state index in [0.29, 0.717) is 17.2 Å². The topological polar surface area (TPSA) is 39.2 Å². The summed E-state index contributed by atoms with van der Waals surface area (Å²) in [5.41, 5.74) is 1.59. The standard InChI is InChI=1S/C13H12BrNO2S/c1-3-17-13(16)12-11(15-8(2)18-12)9-6-4-5-7-10(9)14/h4-7H,3H2,1-2H3. The van der Waals surface area contributed by atoms with Crippen molar-refractivity contribution in [3.05, 3.63) is 38.6 Å². The van der Waals surface area contributed by atoms with Gasteiger partial charge in [-0.1, -0.05) is 34.1 Å². The normalized spacial score (nSPS) is 10.4. The van der Waals surface area contributed by atoms with Crippen LogP contribution in [-0.2, 0) is 4.74 Å². The van der Waals surface area contributed by atoms with Gasteiger partial charge in [-0.25, -0.2) is 9.78 Å². The first-order valence-electron chi connectivity index (χ1n) is 5.53. The molecule has 0 bridgehead atoms. The number of hydrogen-bond acceptors (Lipinski definition) is 4. The van der Waals surface area contributed by atoms with Crippen molar-refractivity contribution in [3.63, 3.8) is 0 Å². The lowest BCUT2D eigenvalue weighted by molar-refractivity contribution is 0.0532. The second-order valence-electron chi connectivity index (χ2n) is 3.61. The third kappa shape index (κ3) is 2.62. The number of hydrogen-bond donors (Lipinski definition) is 0. The Labute approximate surface area is 118 Å². The van der Waals surface area contributed by atoms with Crippen LogP contribution in [0, 0.1) is 6.92 Å². The number of aromatic nitrogens is 1. The summed E-state index contributed by atoms with van der Waals surface area (Å²) in [5, 5.41) is 0.851. The molecule has 2 aromatic rings. The summed E-state index contributed by atoms with van der Waals surface area (Å²) >= 11 is 4.84. The second-order valence-corrected chi connectivity index (χ2v) is 5.67. The predicted octanol–water partition coefficient (Wildman–Crippen LogP) is 4.06. The molecule has 2 rings (SSSR count). The predicted molar refractivity (Wildman–Crippen MR) is 75.9 cm³/mol. The SMILES string of the molecule is CCOC(=O)c1sc(C)nc1-c1ccccc1Br. The van der Waals surface area contributed by atoms with Crippen LogP contribution in [0.5, 0.6) is 0 Å². The molecule has 1 aromatic heterocycles. The van der Waals surface area contributed by atoms with Gasteiger partial charge in [0, 0.05) is 10.0 Å². The quantitative estimate of drug-likeness (QED) is 0.799. The second kappa shape index (κ2) is 5.63. The highest BCUT2D eigenvalue weighted by Crippen LogP contribution is 2.33. The number of aryl methyl sites for hydroxylation is 1. The van der Waals surface area contributed by atoms with Gasteiger partial charge in [-0.15, -0.1) is 11.3 Å². The van der Waals surface area contributed by atoms with Crippen LogP contribution >= 0.6 is 27.3 Å². The minimum Gasteiger partial charge on any atom is -0.462 e. The van der Waals surface area contributed by atoms with E-state index in [0.717, 1.165) is 15.0 Å². The molecule has 5 heteroatoms. The molecule has 1 aromatic carbocycles. The maximum Gasteiger partial charge on any atom is 0.350 e. The molecule has 3 nitrogen and oxygen atoms in total. The number of rotatable bonds is 3. The zero-order valence-electron chi connectivity index (χ0n) is 10.1. The van der Waals surface area contributed by atoms with Crippen molar-refractivity contribution >= 4 is 33.2 Å². The summed E-state index contributed by atoms with van der Waals surface area (Å²) in [6, 6.07) is 7.71. The Morgan fingerprint density at radius 3 is 2.83 bits per heavy atom. The first-order valence-corrected chi connectivity index (χ1v) is 7.14. The van der Waals surface area contributed by atoms with Crippen LogP contribution in [0.25, 0.3) is 11.3 Å². The summed E-state index contributed by atoms with van der Waals surface area (Å²) in [5.74, 6) is -0.311. The van der Waals surface area contributed by atoms with Crippen LogP contribution in [0.1, 0.15) is 21.6 Å². The molecule has 0 aliphatic carbocycles. The molecule has 94 valence electrons. The van der Waals surface area contributed by atoms with Gasteiger partial charge in [-0.2, -0.15) is 0 Å². The van der Waals surface area contributed by atoms with Crippen LogP contribution in [0.4, 0.5) is 0 Å². The summed E-state index contributed by atoms with van der Waals surface area (Å²) in [6.07, 6.45) is 0. The van der Waals surface area contributed by atoms with Crippen LogP contribution in [0.2, 0.25) is 0 Å². The molecule has 18 heavy (non-hydrogen) atoms. The molecule has 1 heterocycles. The number of thiazole rings is 1. The van der Waals surface area contributed by atoms with E-state index in [1.54, 1.807) is 6.92 Å². The molecule has 0 radical (unpaired) electrons. The van der Waals surface area contributed by atoms with Gasteiger partial charge in [0.15, 0.2) is 0 Å². The van der Waals surface area contributed by atoms with Crippen molar-refractivity contribution in [2.24, 2.45) is 0 Å². The fourth-order valence-electron chi connectivity index (χ4n) is 1.60. The third-order valence-corrected chi connectivity index (χ3v) is 3.97. The number of carbonyl (C=O) groups excluding carboxylic acids is 1. The first kappa shape index (κ1) is 13.2. The minimum atomic E-state index is -0.311. The lowest BCUT2D eigenvalue weighted by Crippen LogP contribution is -2.04. The maximum atomic E-state index is 11.9. The molecular weight excluding hydrogens is 314 g/mol. The molecule has 0 fully saturated rings. The smallest absolute Gasteiger partial charge is 0.350 e. The van der Waals surface area contributed by atoms with E-state index < -0.39 is 0 Å². The molecule has 0 N–H and O–H groups in total. The Bertz CT molecular complexity index is 580. The molecule has 0 aliphatic heterocycles. The number of nitrogens with zero attached hydrogens (tertiary/aromatic N) is 1. The molecule has 0 unspecified atom stereocenters. The Morgan fingerprint density at radius 2 is 2.17 bits per heavy atom. The van der Waals surface area contributed by atoms with Gasteiger partial charge in [-0.05, 0) is 19.9 Å². The Balaban J connectivity index is 2.51. The largest absolute Gasteiger partial charge is 0.462 e. The lowest BCUT2D eigenvalue weighted by Gasteiger charge is -2.04. The molecule has 0 spiro atoms. The Morgan fingerprint density at radius 1 is 1.44 bits per heavy atom. The highest BCUT2D eigenvalue weighted by molar-refractivity contribution is 9.10. The van der Waals surface area contributed by atoms with Gasteiger partial charge in [-0.3, -0.25) is 0 Å². The summed E-state index contributed by atoms with van der Waals surface area (Å²) in [7, 11) is 0. The number of ether oxygens (including phenoxy) is 1. The zero-order valence-corrected chi connectivity index (χ0v) is 12.5. The number of benzene rings is 1. The Kier molecular flexibility index (Phi) is 4.14. The van der Waals surface area contributed by atoms with E-state index in [9.17, 15) is 4.79 Å². The third-order valence-electron chi connectivity index (χ3n) is 2.32. The molecule has 0 amide bonds. The molecule has 0 aliphatic rings. The zero-order chi connectivity index (χ0) is 13.1. The summed E-state index contributed by atoms with van der Waals surface area (Å²) in [4.78, 5) is 16.9. The van der Waals surface area contributed by atoms with Gasteiger partial charge in [0.05, 0.1) is 17.3 Å². The van der Waals surface area contributed by atoms with Crippen molar-refractivity contribution in [2.45, 2.75) is 13.8 Å². The molecule has 0 saturated heterocycles. The van der Waals surface area contributed by atoms with Crippen LogP contribution in [0.15, 0.2) is 28.7 Å².